The molecule has 0 bridgehead atoms. The van der Waals surface area contributed by atoms with Gasteiger partial charge in [0.2, 0.25) is 0 Å². The van der Waals surface area contributed by atoms with Crippen molar-refractivity contribution >= 4 is 23.4 Å². The van der Waals surface area contributed by atoms with Gasteiger partial charge in [-0.25, -0.2) is 0 Å². The normalized spacial score (nSPS) is 18.4. The van der Waals surface area contributed by atoms with Crippen molar-refractivity contribution in [1.29, 1.82) is 0 Å². The van der Waals surface area contributed by atoms with Crippen LogP contribution in [0.5, 0.6) is 0 Å². The Morgan fingerprint density at radius 3 is 1.74 bits per heavy atom. The predicted octanol–water partition coefficient (Wildman–Crippen LogP) is 7.50. The molecule has 186 valence electrons. The largest absolute Gasteiger partial charge is 0.494 e. The molecule has 3 heteroatoms. The molecule has 1 aliphatic heterocycles. The van der Waals surface area contributed by atoms with Gasteiger partial charge in [-0.2, -0.15) is 0 Å². The van der Waals surface area contributed by atoms with Gasteiger partial charge in [-0.15, -0.1) is 0 Å². The van der Waals surface area contributed by atoms with Gasteiger partial charge >= 0.3 is 7.12 Å². The Bertz CT molecular complexity index is 1620. The van der Waals surface area contributed by atoms with Gasteiger partial charge in [0.05, 0.1) is 16.6 Å². The van der Waals surface area contributed by atoms with Gasteiger partial charge in [-0.1, -0.05) is 115 Å². The van der Waals surface area contributed by atoms with Gasteiger partial charge < -0.3 is 9.31 Å². The molecule has 0 amide bonds. The molecule has 1 fully saturated rings. The fraction of sp³-hybridized carbons (Fsp3) is 0.200. The average Bonchev–Trinajstić information content (AvgIpc) is 3.36. The quantitative estimate of drug-likeness (QED) is 0.237. The summed E-state index contributed by atoms with van der Waals surface area (Å²) >= 11 is 0. The summed E-state index contributed by atoms with van der Waals surface area (Å²) in [5.74, 6) is 0. The highest BCUT2D eigenvalue weighted by Crippen LogP contribution is 2.57. The maximum absolute atomic E-state index is 6.48. The minimum absolute atomic E-state index is 0.390. The smallest absolute Gasteiger partial charge is 0.399 e. The van der Waals surface area contributed by atoms with Crippen molar-refractivity contribution in [2.75, 3.05) is 0 Å². The minimum Gasteiger partial charge on any atom is -0.399 e. The lowest BCUT2D eigenvalue weighted by atomic mass is 9.67. The van der Waals surface area contributed by atoms with E-state index in [1.54, 1.807) is 0 Å². The monoisotopic (exact) mass is 494 g/mol. The molecule has 5 aromatic rings. The first-order valence-electron chi connectivity index (χ1n) is 13.5. The summed E-state index contributed by atoms with van der Waals surface area (Å²) in [6.07, 6.45) is 0. The lowest BCUT2D eigenvalue weighted by Gasteiger charge is -2.34. The standard InChI is InChI=1S/C35H31BO2/c1-33(2)34(3,4)38-36(37-33)27-20-22-30-29(23-27)32-28-18-12-11-13-24(28)19-21-31(32)35(30,25-14-7-5-8-15-25)26-16-9-6-10-17-26/h5-23H,1-4H3. The second kappa shape index (κ2) is 8.17. The van der Waals surface area contributed by atoms with Crippen molar-refractivity contribution in [3.8, 4) is 11.1 Å². The van der Waals surface area contributed by atoms with Crippen LogP contribution in [0.15, 0.2) is 115 Å². The highest BCUT2D eigenvalue weighted by molar-refractivity contribution is 6.62. The summed E-state index contributed by atoms with van der Waals surface area (Å²) in [4.78, 5) is 0. The van der Waals surface area contributed by atoms with E-state index in [-0.39, 0.29) is 11.2 Å². The lowest BCUT2D eigenvalue weighted by molar-refractivity contribution is 0.00578. The van der Waals surface area contributed by atoms with E-state index in [1.165, 1.54) is 44.2 Å². The molecule has 38 heavy (non-hydrogen) atoms. The van der Waals surface area contributed by atoms with Crippen molar-refractivity contribution in [2.45, 2.75) is 44.3 Å². The van der Waals surface area contributed by atoms with Gasteiger partial charge in [0, 0.05) is 0 Å². The molecule has 2 aliphatic rings. The summed E-state index contributed by atoms with van der Waals surface area (Å²) in [5.41, 5.74) is 7.54. The molecule has 0 N–H and O–H groups in total. The molecule has 1 aliphatic carbocycles. The molecule has 0 spiro atoms. The molecule has 0 radical (unpaired) electrons. The molecule has 0 aromatic heterocycles. The first kappa shape index (κ1) is 23.5. The number of rotatable bonds is 3. The van der Waals surface area contributed by atoms with Crippen LogP contribution in [-0.4, -0.2) is 18.3 Å². The van der Waals surface area contributed by atoms with Gasteiger partial charge in [0.1, 0.15) is 0 Å². The van der Waals surface area contributed by atoms with Gasteiger partial charge in [0.25, 0.3) is 0 Å². The predicted molar refractivity (Wildman–Crippen MR) is 157 cm³/mol. The summed E-state index contributed by atoms with van der Waals surface area (Å²) in [6, 6.07) is 42.0. The van der Waals surface area contributed by atoms with Crippen molar-refractivity contribution < 1.29 is 9.31 Å². The summed E-state index contributed by atoms with van der Waals surface area (Å²) in [6.45, 7) is 8.44. The van der Waals surface area contributed by atoms with E-state index in [1.807, 2.05) is 0 Å². The first-order chi connectivity index (χ1) is 18.3. The number of benzene rings is 5. The topological polar surface area (TPSA) is 18.5 Å². The minimum atomic E-state index is -0.425. The SMILES string of the molecule is CC1(C)OB(c2ccc3c(c2)-c2c(ccc4ccccc24)C3(c2ccccc2)c2ccccc2)OC1(C)C. The maximum atomic E-state index is 6.48. The van der Waals surface area contributed by atoms with Crippen LogP contribution in [0.1, 0.15) is 49.9 Å². The second-order valence-corrected chi connectivity index (χ2v) is 11.6. The number of fused-ring (bicyclic) bond motifs is 5. The zero-order chi connectivity index (χ0) is 26.1. The highest BCUT2D eigenvalue weighted by Gasteiger charge is 2.53. The van der Waals surface area contributed by atoms with Gasteiger partial charge in [-0.3, -0.25) is 0 Å². The zero-order valence-corrected chi connectivity index (χ0v) is 22.4. The first-order valence-corrected chi connectivity index (χ1v) is 13.5. The van der Waals surface area contributed by atoms with E-state index in [4.69, 9.17) is 9.31 Å². The van der Waals surface area contributed by atoms with Crippen LogP contribution in [0.25, 0.3) is 21.9 Å². The summed E-state index contributed by atoms with van der Waals surface area (Å²) in [5, 5.41) is 2.52. The van der Waals surface area contributed by atoms with Crippen molar-refractivity contribution in [3.63, 3.8) is 0 Å². The second-order valence-electron chi connectivity index (χ2n) is 11.6. The van der Waals surface area contributed by atoms with Crippen molar-refractivity contribution in [2.24, 2.45) is 0 Å². The van der Waals surface area contributed by atoms with E-state index in [0.717, 1.165) is 5.46 Å². The Hall–Kier alpha value is -3.66. The molecule has 0 saturated carbocycles. The number of hydrogen-bond acceptors (Lipinski definition) is 2. The molecule has 0 unspecified atom stereocenters. The third kappa shape index (κ3) is 3.16. The Labute approximate surface area is 225 Å². The van der Waals surface area contributed by atoms with Crippen LogP contribution in [0.2, 0.25) is 0 Å². The Kier molecular flexibility index (Phi) is 5.04. The van der Waals surface area contributed by atoms with E-state index >= 15 is 0 Å². The Morgan fingerprint density at radius 1 is 0.553 bits per heavy atom. The Morgan fingerprint density at radius 2 is 1.11 bits per heavy atom. The fourth-order valence-electron chi connectivity index (χ4n) is 6.41. The highest BCUT2D eigenvalue weighted by atomic mass is 16.7. The van der Waals surface area contributed by atoms with E-state index < -0.39 is 12.5 Å². The van der Waals surface area contributed by atoms with E-state index in [0.29, 0.717) is 0 Å². The van der Waals surface area contributed by atoms with Crippen LogP contribution in [0, 0.1) is 0 Å². The Balaban J connectivity index is 1.56. The van der Waals surface area contributed by atoms with Crippen LogP contribution in [0.4, 0.5) is 0 Å². The zero-order valence-electron chi connectivity index (χ0n) is 22.4. The molecule has 1 heterocycles. The molecule has 0 atom stereocenters. The van der Waals surface area contributed by atoms with Gasteiger partial charge in [-0.05, 0) is 77.3 Å². The van der Waals surface area contributed by atoms with E-state index in [2.05, 4.69) is 143 Å². The lowest BCUT2D eigenvalue weighted by Crippen LogP contribution is -2.41. The van der Waals surface area contributed by atoms with Crippen molar-refractivity contribution in [3.05, 3.63) is 138 Å². The molecule has 2 nitrogen and oxygen atoms in total. The van der Waals surface area contributed by atoms with Gasteiger partial charge in [0.15, 0.2) is 0 Å². The number of hydrogen-bond donors (Lipinski definition) is 0. The van der Waals surface area contributed by atoms with Crippen LogP contribution >= 0.6 is 0 Å². The summed E-state index contributed by atoms with van der Waals surface area (Å²) in [7, 11) is -0.410. The molecule has 7 rings (SSSR count). The van der Waals surface area contributed by atoms with E-state index in [9.17, 15) is 0 Å². The molecular weight excluding hydrogens is 463 g/mol. The molecular formula is C35H31BO2. The summed E-state index contributed by atoms with van der Waals surface area (Å²) < 4.78 is 13.0. The van der Waals surface area contributed by atoms with Crippen LogP contribution < -0.4 is 5.46 Å². The molecule has 1 saturated heterocycles. The fourth-order valence-corrected chi connectivity index (χ4v) is 6.41. The average molecular weight is 494 g/mol. The van der Waals surface area contributed by atoms with Crippen LogP contribution in [0.3, 0.4) is 0 Å². The third-order valence-electron chi connectivity index (χ3n) is 8.99. The van der Waals surface area contributed by atoms with Crippen molar-refractivity contribution in [1.82, 2.24) is 0 Å². The maximum Gasteiger partial charge on any atom is 0.494 e. The third-order valence-corrected chi connectivity index (χ3v) is 8.99. The van der Waals surface area contributed by atoms with Crippen LogP contribution in [-0.2, 0) is 14.7 Å². The molecule has 5 aromatic carbocycles.